The second-order valence-corrected chi connectivity index (χ2v) is 8.83. The van der Waals surface area contributed by atoms with Crippen LogP contribution in [0.4, 0.5) is 5.69 Å². The van der Waals surface area contributed by atoms with Crippen molar-refractivity contribution in [2.75, 3.05) is 70.7 Å². The third-order valence-corrected chi connectivity index (χ3v) is 5.99. The van der Waals surface area contributed by atoms with Crippen LogP contribution in [0.2, 0.25) is 0 Å². The van der Waals surface area contributed by atoms with Gasteiger partial charge in [0, 0.05) is 54.3 Å². The Hall–Kier alpha value is -1.75. The second kappa shape index (κ2) is 11.8. The minimum Gasteiger partial charge on any atom is -0.476 e. The lowest BCUT2D eigenvalue weighted by Gasteiger charge is -2.29. The first-order chi connectivity index (χ1) is 15.3. The van der Waals surface area contributed by atoms with Gasteiger partial charge in [0.2, 0.25) is 5.88 Å². The smallest absolute Gasteiger partial charge is 0.215 e. The highest BCUT2D eigenvalue weighted by Crippen LogP contribution is 2.23. The summed E-state index contributed by atoms with van der Waals surface area (Å²) in [5.74, 6) is 0.664. The molecular formula is C23H29IN4O3. The lowest BCUT2D eigenvalue weighted by Crippen LogP contribution is -2.38. The quantitative estimate of drug-likeness (QED) is 0.382. The van der Waals surface area contributed by atoms with E-state index in [0.717, 1.165) is 76.1 Å². The number of anilines is 1. The monoisotopic (exact) mass is 536 g/mol. The van der Waals surface area contributed by atoms with Crippen LogP contribution in [0.5, 0.6) is 5.88 Å². The lowest BCUT2D eigenvalue weighted by molar-refractivity contribution is 0.0320. The fourth-order valence-electron chi connectivity index (χ4n) is 3.64. The summed E-state index contributed by atoms with van der Waals surface area (Å²) in [6, 6.07) is 12.4. The number of morpholine rings is 2. The molecule has 0 atom stereocenters. The SMILES string of the molecule is Ic1cccc(C=NCc2cc(N3CCOCC3)cc(OCCN3CCOCC3)n2)c1. The summed E-state index contributed by atoms with van der Waals surface area (Å²) in [4.78, 5) is 14.0. The summed E-state index contributed by atoms with van der Waals surface area (Å²) >= 11 is 2.31. The molecule has 166 valence electrons. The molecular weight excluding hydrogens is 507 g/mol. The van der Waals surface area contributed by atoms with E-state index >= 15 is 0 Å². The molecule has 1 aromatic heterocycles. The molecule has 0 radical (unpaired) electrons. The number of halogens is 1. The van der Waals surface area contributed by atoms with Gasteiger partial charge in [-0.1, -0.05) is 12.1 Å². The van der Waals surface area contributed by atoms with Crippen LogP contribution < -0.4 is 9.64 Å². The normalized spacial score (nSPS) is 17.9. The van der Waals surface area contributed by atoms with E-state index in [1.54, 1.807) is 0 Å². The number of hydrogen-bond donors (Lipinski definition) is 0. The average molecular weight is 536 g/mol. The summed E-state index contributed by atoms with van der Waals surface area (Å²) in [5, 5.41) is 0. The Bertz CT molecular complexity index is 868. The molecule has 0 bridgehead atoms. The van der Waals surface area contributed by atoms with Crippen LogP contribution in [0.15, 0.2) is 41.4 Å². The molecule has 0 saturated carbocycles. The van der Waals surface area contributed by atoms with Crippen LogP contribution in [0.3, 0.4) is 0 Å². The largest absolute Gasteiger partial charge is 0.476 e. The molecule has 1 aromatic carbocycles. The van der Waals surface area contributed by atoms with Crippen LogP contribution in [0.1, 0.15) is 11.3 Å². The number of nitrogens with zero attached hydrogens (tertiary/aromatic N) is 4. The maximum atomic E-state index is 6.06. The van der Waals surface area contributed by atoms with Gasteiger partial charge in [-0.15, -0.1) is 0 Å². The van der Waals surface area contributed by atoms with E-state index in [9.17, 15) is 0 Å². The molecule has 0 aliphatic carbocycles. The van der Waals surface area contributed by atoms with Crippen molar-refractivity contribution in [2.24, 2.45) is 4.99 Å². The lowest BCUT2D eigenvalue weighted by atomic mass is 10.2. The molecule has 2 aromatic rings. The first kappa shape index (κ1) is 22.4. The van der Waals surface area contributed by atoms with Crippen molar-refractivity contribution >= 4 is 34.5 Å². The fraction of sp³-hybridized carbons (Fsp3) is 0.478. The zero-order valence-corrected chi connectivity index (χ0v) is 19.9. The topological polar surface area (TPSA) is 59.4 Å². The van der Waals surface area contributed by atoms with Gasteiger partial charge in [-0.3, -0.25) is 9.89 Å². The molecule has 2 aliphatic heterocycles. The molecule has 2 fully saturated rings. The minimum absolute atomic E-state index is 0.517. The van der Waals surface area contributed by atoms with Crippen molar-refractivity contribution in [3.63, 3.8) is 0 Å². The van der Waals surface area contributed by atoms with Crippen LogP contribution in [-0.2, 0) is 16.0 Å². The molecule has 0 unspecified atom stereocenters. The number of pyridine rings is 1. The summed E-state index contributed by atoms with van der Waals surface area (Å²) in [5.41, 5.74) is 3.13. The van der Waals surface area contributed by atoms with E-state index < -0.39 is 0 Å². The Labute approximate surface area is 197 Å². The molecule has 3 heterocycles. The van der Waals surface area contributed by atoms with Gasteiger partial charge < -0.3 is 19.1 Å². The first-order valence-corrected chi connectivity index (χ1v) is 11.9. The molecule has 2 aliphatic rings. The van der Waals surface area contributed by atoms with Crippen molar-refractivity contribution in [1.29, 1.82) is 0 Å². The predicted molar refractivity (Wildman–Crippen MR) is 130 cm³/mol. The summed E-state index contributed by atoms with van der Waals surface area (Å²) in [7, 11) is 0. The highest BCUT2D eigenvalue weighted by molar-refractivity contribution is 14.1. The van der Waals surface area contributed by atoms with Crippen molar-refractivity contribution in [3.05, 3.63) is 51.2 Å². The Morgan fingerprint density at radius 2 is 1.81 bits per heavy atom. The number of aromatic nitrogens is 1. The third-order valence-electron chi connectivity index (χ3n) is 5.32. The van der Waals surface area contributed by atoms with E-state index in [-0.39, 0.29) is 0 Å². The van der Waals surface area contributed by atoms with Gasteiger partial charge in [0.1, 0.15) is 6.61 Å². The van der Waals surface area contributed by atoms with E-state index in [0.29, 0.717) is 19.0 Å². The van der Waals surface area contributed by atoms with Gasteiger partial charge in [0.25, 0.3) is 0 Å². The first-order valence-electron chi connectivity index (χ1n) is 10.8. The molecule has 0 amide bonds. The van der Waals surface area contributed by atoms with Crippen molar-refractivity contribution in [1.82, 2.24) is 9.88 Å². The van der Waals surface area contributed by atoms with E-state index in [1.807, 2.05) is 18.3 Å². The number of benzene rings is 1. The maximum absolute atomic E-state index is 6.06. The molecule has 7 nitrogen and oxygen atoms in total. The fourth-order valence-corrected chi connectivity index (χ4v) is 4.21. The van der Waals surface area contributed by atoms with Crippen molar-refractivity contribution in [3.8, 4) is 5.88 Å². The molecule has 8 heteroatoms. The molecule has 31 heavy (non-hydrogen) atoms. The van der Waals surface area contributed by atoms with Crippen LogP contribution in [0.25, 0.3) is 0 Å². The van der Waals surface area contributed by atoms with E-state index in [2.05, 4.69) is 61.6 Å². The van der Waals surface area contributed by atoms with Gasteiger partial charge in [-0.25, -0.2) is 4.98 Å². The van der Waals surface area contributed by atoms with Gasteiger partial charge in [0.15, 0.2) is 0 Å². The molecule has 2 saturated heterocycles. The number of ether oxygens (including phenoxy) is 3. The van der Waals surface area contributed by atoms with Crippen molar-refractivity contribution in [2.45, 2.75) is 6.54 Å². The van der Waals surface area contributed by atoms with E-state index in [4.69, 9.17) is 19.2 Å². The third kappa shape index (κ3) is 7.13. The highest BCUT2D eigenvalue weighted by Gasteiger charge is 2.15. The van der Waals surface area contributed by atoms with Gasteiger partial charge in [-0.2, -0.15) is 0 Å². The zero-order chi connectivity index (χ0) is 21.3. The number of rotatable bonds is 8. The van der Waals surface area contributed by atoms with Gasteiger partial charge >= 0.3 is 0 Å². The zero-order valence-electron chi connectivity index (χ0n) is 17.7. The second-order valence-electron chi connectivity index (χ2n) is 7.58. The Kier molecular flexibility index (Phi) is 8.51. The Morgan fingerprint density at radius 1 is 1.03 bits per heavy atom. The summed E-state index contributed by atoms with van der Waals surface area (Å²) < 4.78 is 18.2. The standard InChI is InChI=1S/C23H29IN4O3/c24-20-3-1-2-19(14-20)17-25-18-21-15-22(28-7-11-30-12-8-28)16-23(26-21)31-13-6-27-4-9-29-10-5-27/h1-3,14-17H,4-13,18H2. The molecule has 4 rings (SSSR count). The maximum Gasteiger partial charge on any atom is 0.215 e. The molecule has 0 N–H and O–H groups in total. The molecule has 0 spiro atoms. The predicted octanol–water partition coefficient (Wildman–Crippen LogP) is 2.85. The van der Waals surface area contributed by atoms with Gasteiger partial charge in [0.05, 0.1) is 38.7 Å². The summed E-state index contributed by atoms with van der Waals surface area (Å²) in [6.07, 6.45) is 1.91. The van der Waals surface area contributed by atoms with Crippen LogP contribution >= 0.6 is 22.6 Å². The Balaban J connectivity index is 1.43. The number of hydrogen-bond acceptors (Lipinski definition) is 7. The van der Waals surface area contributed by atoms with Crippen molar-refractivity contribution < 1.29 is 14.2 Å². The van der Waals surface area contributed by atoms with Crippen LogP contribution in [0, 0.1) is 3.57 Å². The van der Waals surface area contributed by atoms with E-state index in [1.165, 1.54) is 3.57 Å². The minimum atomic E-state index is 0.517. The average Bonchev–Trinajstić information content (AvgIpc) is 2.80. The highest BCUT2D eigenvalue weighted by atomic mass is 127. The summed E-state index contributed by atoms with van der Waals surface area (Å²) in [6.45, 7) is 8.78. The van der Waals surface area contributed by atoms with Crippen LogP contribution in [-0.4, -0.2) is 81.9 Å². The van der Waals surface area contributed by atoms with Gasteiger partial charge in [-0.05, 0) is 46.4 Å². The number of aliphatic imine (C=N–C) groups is 1. The Morgan fingerprint density at radius 3 is 2.58 bits per heavy atom.